The highest BCUT2D eigenvalue weighted by Gasteiger charge is 2.76. The number of amides is 2. The molecule has 2 fully saturated rings. The van der Waals surface area contributed by atoms with Crippen molar-refractivity contribution in [2.24, 2.45) is 11.8 Å². The van der Waals surface area contributed by atoms with Crippen molar-refractivity contribution in [1.82, 2.24) is 9.80 Å². The first-order valence-corrected chi connectivity index (χ1v) is 14.0. The Morgan fingerprint density at radius 2 is 1.62 bits per heavy atom. The van der Waals surface area contributed by atoms with Crippen LogP contribution in [0.5, 0.6) is 0 Å². The van der Waals surface area contributed by atoms with Gasteiger partial charge in [0.15, 0.2) is 0 Å². The standard InChI is InChI=1S/C32H34N2O6/c1-2-31-15-10-18-39-30(38)26(31)25-28(36)34(24(21-35)19-22-11-5-3-6-12-22)27-29(37)33(17-9-16-32(25,27)40-31)20-23-13-7-4-8-14-23/h3-16,24-27,35H,2,17-21H2,1H3/t24-,25+,26-,27?,31+,32+/m1/s1. The molecule has 0 bridgehead atoms. The van der Waals surface area contributed by atoms with Gasteiger partial charge in [0, 0.05) is 13.1 Å². The van der Waals surface area contributed by atoms with E-state index >= 15 is 0 Å². The first kappa shape index (κ1) is 26.5. The molecule has 40 heavy (non-hydrogen) atoms. The lowest BCUT2D eigenvalue weighted by Gasteiger charge is -2.40. The van der Waals surface area contributed by atoms with Gasteiger partial charge in [0.25, 0.3) is 0 Å². The van der Waals surface area contributed by atoms with Crippen molar-refractivity contribution in [3.63, 3.8) is 0 Å². The number of fused-ring (bicyclic) bond motifs is 2. The number of cyclic esters (lactones) is 1. The van der Waals surface area contributed by atoms with Crippen molar-refractivity contribution in [1.29, 1.82) is 0 Å². The van der Waals surface area contributed by atoms with Crippen LogP contribution in [0.3, 0.4) is 0 Å². The molecule has 6 rings (SSSR count). The molecule has 6 atom stereocenters. The van der Waals surface area contributed by atoms with Gasteiger partial charge in [-0.25, -0.2) is 0 Å². The number of aliphatic hydroxyl groups excluding tert-OH is 1. The van der Waals surface area contributed by atoms with Crippen LogP contribution < -0.4 is 0 Å². The number of aliphatic hydroxyl groups is 1. The summed E-state index contributed by atoms with van der Waals surface area (Å²) in [5, 5.41) is 10.6. The van der Waals surface area contributed by atoms with E-state index in [9.17, 15) is 19.5 Å². The van der Waals surface area contributed by atoms with Gasteiger partial charge in [-0.2, -0.15) is 0 Å². The molecule has 2 aromatic rings. The average Bonchev–Trinajstić information content (AvgIpc) is 3.27. The monoisotopic (exact) mass is 542 g/mol. The molecule has 4 heterocycles. The van der Waals surface area contributed by atoms with Crippen molar-refractivity contribution >= 4 is 17.8 Å². The molecule has 1 spiro atoms. The second-order valence-electron chi connectivity index (χ2n) is 11.0. The van der Waals surface area contributed by atoms with Gasteiger partial charge in [0.1, 0.15) is 29.8 Å². The third kappa shape index (κ3) is 4.09. The van der Waals surface area contributed by atoms with Crippen LogP contribution in [0, 0.1) is 11.8 Å². The molecular formula is C32H34N2O6. The van der Waals surface area contributed by atoms with Crippen LogP contribution in [0.15, 0.2) is 85.0 Å². The van der Waals surface area contributed by atoms with E-state index in [4.69, 9.17) is 9.47 Å². The van der Waals surface area contributed by atoms with E-state index in [0.717, 1.165) is 11.1 Å². The predicted octanol–water partition coefficient (Wildman–Crippen LogP) is 2.66. The summed E-state index contributed by atoms with van der Waals surface area (Å²) >= 11 is 0. The predicted molar refractivity (Wildman–Crippen MR) is 147 cm³/mol. The molecule has 2 saturated heterocycles. The first-order chi connectivity index (χ1) is 19.4. The van der Waals surface area contributed by atoms with E-state index in [1.54, 1.807) is 11.0 Å². The molecule has 4 aliphatic heterocycles. The van der Waals surface area contributed by atoms with Gasteiger partial charge in [-0.05, 0) is 30.0 Å². The van der Waals surface area contributed by atoms with Gasteiger partial charge in [-0.15, -0.1) is 0 Å². The number of hydrogen-bond donors (Lipinski definition) is 1. The number of likely N-dealkylation sites (tertiary alicyclic amines) is 1. The first-order valence-electron chi connectivity index (χ1n) is 14.0. The fourth-order valence-corrected chi connectivity index (χ4v) is 7.06. The van der Waals surface area contributed by atoms with Crippen LogP contribution in [-0.4, -0.2) is 75.7 Å². The van der Waals surface area contributed by atoms with E-state index < -0.39 is 41.1 Å². The lowest BCUT2D eigenvalue weighted by atomic mass is 9.73. The van der Waals surface area contributed by atoms with Gasteiger partial charge >= 0.3 is 5.97 Å². The minimum Gasteiger partial charge on any atom is -0.461 e. The number of rotatable bonds is 7. The molecule has 0 saturated carbocycles. The zero-order chi connectivity index (χ0) is 27.9. The number of carbonyl (C=O) groups excluding carboxylic acids is 3. The fraction of sp³-hybridized carbons (Fsp3) is 0.406. The Balaban J connectivity index is 1.47. The van der Waals surface area contributed by atoms with E-state index in [2.05, 4.69) is 0 Å². The lowest BCUT2D eigenvalue weighted by Crippen LogP contribution is -2.59. The van der Waals surface area contributed by atoms with Crippen LogP contribution in [0.4, 0.5) is 0 Å². The highest BCUT2D eigenvalue weighted by Crippen LogP contribution is 2.58. The van der Waals surface area contributed by atoms with E-state index in [0.29, 0.717) is 25.9 Å². The average molecular weight is 543 g/mol. The normalized spacial score (nSPS) is 31.8. The number of ether oxygens (including phenoxy) is 2. The molecule has 2 aromatic carbocycles. The Labute approximate surface area is 233 Å². The summed E-state index contributed by atoms with van der Waals surface area (Å²) in [5.74, 6) is -3.01. The maximum absolute atomic E-state index is 14.5. The Morgan fingerprint density at radius 3 is 2.30 bits per heavy atom. The summed E-state index contributed by atoms with van der Waals surface area (Å²) in [6.45, 7) is 2.37. The highest BCUT2D eigenvalue weighted by molar-refractivity contribution is 5.99. The third-order valence-electron chi connectivity index (χ3n) is 8.85. The zero-order valence-corrected chi connectivity index (χ0v) is 22.5. The molecule has 4 aliphatic rings. The number of benzene rings is 2. The van der Waals surface area contributed by atoms with E-state index in [1.165, 1.54) is 4.90 Å². The SMILES string of the molecule is CC[C@]12C=CCOC(=O)[C@H]1[C@H]1C(=O)N([C@@H](CO)Cc3ccccc3)C3C(=O)N(Cc4ccccc4)CC=C[C@@]31O2. The summed E-state index contributed by atoms with van der Waals surface area (Å²) in [6, 6.07) is 17.5. The second-order valence-corrected chi connectivity index (χ2v) is 11.0. The number of esters is 1. The smallest absolute Gasteiger partial charge is 0.313 e. The molecule has 208 valence electrons. The summed E-state index contributed by atoms with van der Waals surface area (Å²) in [7, 11) is 0. The number of carbonyl (C=O) groups is 3. The quantitative estimate of drug-likeness (QED) is 0.427. The van der Waals surface area contributed by atoms with Crippen molar-refractivity contribution < 1.29 is 29.0 Å². The molecule has 1 unspecified atom stereocenters. The fourth-order valence-electron chi connectivity index (χ4n) is 7.06. The molecular weight excluding hydrogens is 508 g/mol. The summed E-state index contributed by atoms with van der Waals surface area (Å²) in [6.07, 6.45) is 8.08. The van der Waals surface area contributed by atoms with Crippen molar-refractivity contribution in [2.75, 3.05) is 19.8 Å². The summed E-state index contributed by atoms with van der Waals surface area (Å²) < 4.78 is 12.4. The Bertz CT molecular complexity index is 1340. The maximum atomic E-state index is 14.5. The minimum absolute atomic E-state index is 0.106. The summed E-state index contributed by atoms with van der Waals surface area (Å²) in [4.78, 5) is 45.7. The van der Waals surface area contributed by atoms with Crippen LogP contribution in [0.2, 0.25) is 0 Å². The second kappa shape index (κ2) is 10.3. The van der Waals surface area contributed by atoms with Gasteiger partial charge in [0.2, 0.25) is 11.8 Å². The maximum Gasteiger partial charge on any atom is 0.313 e. The van der Waals surface area contributed by atoms with Crippen molar-refractivity contribution in [2.45, 2.75) is 49.6 Å². The van der Waals surface area contributed by atoms with Crippen LogP contribution in [0.1, 0.15) is 24.5 Å². The Hall–Kier alpha value is -3.75. The highest BCUT2D eigenvalue weighted by atomic mass is 16.6. The molecule has 0 aromatic heterocycles. The largest absolute Gasteiger partial charge is 0.461 e. The van der Waals surface area contributed by atoms with Crippen LogP contribution in [-0.2, 0) is 36.8 Å². The number of hydrogen-bond acceptors (Lipinski definition) is 6. The lowest BCUT2D eigenvalue weighted by molar-refractivity contribution is -0.161. The molecule has 8 heteroatoms. The van der Waals surface area contributed by atoms with Crippen LogP contribution >= 0.6 is 0 Å². The third-order valence-corrected chi connectivity index (χ3v) is 8.85. The van der Waals surface area contributed by atoms with Gasteiger partial charge in [0.05, 0.1) is 18.6 Å². The van der Waals surface area contributed by atoms with Crippen molar-refractivity contribution in [3.8, 4) is 0 Å². The van der Waals surface area contributed by atoms with Gasteiger partial charge in [-0.1, -0.05) is 85.8 Å². The topological polar surface area (TPSA) is 96.4 Å². The number of nitrogens with zero attached hydrogens (tertiary/aromatic N) is 2. The van der Waals surface area contributed by atoms with E-state index in [-0.39, 0.29) is 25.0 Å². The van der Waals surface area contributed by atoms with Gasteiger partial charge < -0.3 is 24.4 Å². The van der Waals surface area contributed by atoms with Crippen molar-refractivity contribution in [3.05, 3.63) is 96.1 Å². The molecule has 2 amide bonds. The zero-order valence-electron chi connectivity index (χ0n) is 22.5. The van der Waals surface area contributed by atoms with Crippen LogP contribution in [0.25, 0.3) is 0 Å². The summed E-state index contributed by atoms with van der Waals surface area (Å²) in [5.41, 5.74) is -0.569. The molecule has 8 nitrogen and oxygen atoms in total. The molecule has 0 radical (unpaired) electrons. The Kier molecular flexibility index (Phi) is 6.84. The minimum atomic E-state index is -1.38. The molecule has 0 aliphatic carbocycles. The van der Waals surface area contributed by atoms with Gasteiger partial charge in [-0.3, -0.25) is 14.4 Å². The Morgan fingerprint density at radius 1 is 0.925 bits per heavy atom. The molecule has 1 N–H and O–H groups in total. The van der Waals surface area contributed by atoms with E-state index in [1.807, 2.05) is 85.8 Å².